The lowest BCUT2D eigenvalue weighted by molar-refractivity contribution is -0.385. The molecule has 1 aromatic carbocycles. The van der Waals surface area contributed by atoms with Crippen molar-refractivity contribution in [3.05, 3.63) is 39.4 Å². The number of likely N-dealkylation sites (tertiary alicyclic amines) is 1. The number of rotatable bonds is 6. The van der Waals surface area contributed by atoms with Crippen LogP contribution in [0.1, 0.15) is 36.9 Å². The highest BCUT2D eigenvalue weighted by Gasteiger charge is 2.15. The summed E-state index contributed by atoms with van der Waals surface area (Å²) in [5.74, 6) is 0. The minimum absolute atomic E-state index is 0.136. The van der Waals surface area contributed by atoms with Crippen LogP contribution in [0.15, 0.2) is 18.2 Å². The highest BCUT2D eigenvalue weighted by Crippen LogP contribution is 2.23. The zero-order valence-corrected chi connectivity index (χ0v) is 12.3. The van der Waals surface area contributed by atoms with Crippen LogP contribution < -0.4 is 5.32 Å². The van der Waals surface area contributed by atoms with E-state index in [0.29, 0.717) is 5.56 Å². The first-order chi connectivity index (χ1) is 9.58. The Balaban J connectivity index is 1.89. The average molecular weight is 277 g/mol. The highest BCUT2D eigenvalue weighted by molar-refractivity contribution is 5.43. The fourth-order valence-electron chi connectivity index (χ4n) is 2.66. The van der Waals surface area contributed by atoms with Crippen molar-refractivity contribution in [2.75, 3.05) is 26.2 Å². The Morgan fingerprint density at radius 2 is 2.10 bits per heavy atom. The van der Waals surface area contributed by atoms with Gasteiger partial charge in [-0.3, -0.25) is 10.1 Å². The van der Waals surface area contributed by atoms with Crippen LogP contribution in [-0.4, -0.2) is 36.0 Å². The molecule has 1 aromatic rings. The number of nitrogens with zero attached hydrogens (tertiary/aromatic N) is 2. The molecule has 1 aliphatic heterocycles. The zero-order chi connectivity index (χ0) is 14.5. The number of hydrogen-bond donors (Lipinski definition) is 1. The number of nitrogens with one attached hydrogen (secondary N) is 1. The van der Waals surface area contributed by atoms with Gasteiger partial charge >= 0.3 is 0 Å². The summed E-state index contributed by atoms with van der Waals surface area (Å²) in [7, 11) is 0. The standard InChI is InChI=1S/C15H23N3O2/c1-12-5-6-14(11-15(12)18(19)20)13(2)16-7-10-17-8-3-4-9-17/h5-6,11,13,16H,3-4,7-10H2,1-2H3. The minimum Gasteiger partial charge on any atom is -0.309 e. The minimum atomic E-state index is -0.310. The summed E-state index contributed by atoms with van der Waals surface area (Å²) >= 11 is 0. The van der Waals surface area contributed by atoms with Crippen molar-refractivity contribution in [1.29, 1.82) is 0 Å². The van der Waals surface area contributed by atoms with E-state index in [2.05, 4.69) is 17.1 Å². The van der Waals surface area contributed by atoms with Crippen molar-refractivity contribution in [1.82, 2.24) is 10.2 Å². The topological polar surface area (TPSA) is 58.4 Å². The van der Waals surface area contributed by atoms with Crippen LogP contribution in [0.4, 0.5) is 5.69 Å². The van der Waals surface area contributed by atoms with Crippen molar-refractivity contribution in [3.8, 4) is 0 Å². The fraction of sp³-hybridized carbons (Fsp3) is 0.600. The Labute approximate surface area is 120 Å². The van der Waals surface area contributed by atoms with Crippen LogP contribution in [0.3, 0.4) is 0 Å². The van der Waals surface area contributed by atoms with Crippen LogP contribution in [-0.2, 0) is 0 Å². The lowest BCUT2D eigenvalue weighted by Crippen LogP contribution is -2.31. The quantitative estimate of drug-likeness (QED) is 0.641. The third-order valence-corrected chi connectivity index (χ3v) is 4.01. The maximum Gasteiger partial charge on any atom is 0.272 e. The van der Waals surface area contributed by atoms with Gasteiger partial charge in [-0.15, -0.1) is 0 Å². The summed E-state index contributed by atoms with van der Waals surface area (Å²) in [6, 6.07) is 5.61. The number of nitro benzene ring substituents is 1. The van der Waals surface area contributed by atoms with E-state index in [1.165, 1.54) is 25.9 Å². The van der Waals surface area contributed by atoms with E-state index in [-0.39, 0.29) is 16.7 Å². The molecular formula is C15H23N3O2. The number of benzene rings is 1. The second kappa shape index (κ2) is 6.81. The SMILES string of the molecule is Cc1ccc(C(C)NCCN2CCCC2)cc1[N+](=O)[O-]. The maximum absolute atomic E-state index is 11.0. The molecule has 5 nitrogen and oxygen atoms in total. The van der Waals surface area contributed by atoms with E-state index in [0.717, 1.165) is 18.7 Å². The summed E-state index contributed by atoms with van der Waals surface area (Å²) < 4.78 is 0. The zero-order valence-electron chi connectivity index (χ0n) is 12.3. The molecule has 1 N–H and O–H groups in total. The molecule has 20 heavy (non-hydrogen) atoms. The molecule has 1 fully saturated rings. The van der Waals surface area contributed by atoms with E-state index in [9.17, 15) is 10.1 Å². The van der Waals surface area contributed by atoms with Gasteiger partial charge in [0, 0.05) is 30.8 Å². The molecule has 0 spiro atoms. The summed E-state index contributed by atoms with van der Waals surface area (Å²) in [5, 5.41) is 14.4. The van der Waals surface area contributed by atoms with Crippen LogP contribution in [0.25, 0.3) is 0 Å². The third-order valence-electron chi connectivity index (χ3n) is 4.01. The molecule has 0 amide bonds. The maximum atomic E-state index is 11.0. The van der Waals surface area contributed by atoms with Gasteiger partial charge in [-0.25, -0.2) is 0 Å². The van der Waals surface area contributed by atoms with Gasteiger partial charge in [0.25, 0.3) is 5.69 Å². The van der Waals surface area contributed by atoms with Crippen molar-refractivity contribution in [3.63, 3.8) is 0 Å². The van der Waals surface area contributed by atoms with Crippen molar-refractivity contribution in [2.45, 2.75) is 32.7 Å². The van der Waals surface area contributed by atoms with E-state index >= 15 is 0 Å². The predicted octanol–water partition coefficient (Wildman–Crippen LogP) is 2.65. The molecular weight excluding hydrogens is 254 g/mol. The van der Waals surface area contributed by atoms with E-state index in [1.54, 1.807) is 13.0 Å². The fourth-order valence-corrected chi connectivity index (χ4v) is 2.66. The summed E-state index contributed by atoms with van der Waals surface area (Å²) in [6.07, 6.45) is 2.61. The molecule has 0 aromatic heterocycles. The number of hydrogen-bond acceptors (Lipinski definition) is 4. The van der Waals surface area contributed by atoms with Crippen molar-refractivity contribution in [2.24, 2.45) is 0 Å². The molecule has 1 saturated heterocycles. The molecule has 2 rings (SSSR count). The van der Waals surface area contributed by atoms with Gasteiger partial charge in [0.2, 0.25) is 0 Å². The van der Waals surface area contributed by atoms with Crippen molar-refractivity contribution >= 4 is 5.69 Å². The molecule has 1 aliphatic rings. The van der Waals surface area contributed by atoms with Crippen LogP contribution >= 0.6 is 0 Å². The lowest BCUT2D eigenvalue weighted by Gasteiger charge is -2.18. The smallest absolute Gasteiger partial charge is 0.272 e. The molecule has 0 saturated carbocycles. The Morgan fingerprint density at radius 3 is 2.75 bits per heavy atom. The predicted molar refractivity (Wildman–Crippen MR) is 79.9 cm³/mol. The molecule has 0 bridgehead atoms. The summed E-state index contributed by atoms with van der Waals surface area (Å²) in [6.45, 7) is 8.20. The molecule has 1 heterocycles. The first-order valence-electron chi connectivity index (χ1n) is 7.28. The number of nitro groups is 1. The molecule has 110 valence electrons. The monoisotopic (exact) mass is 277 g/mol. The van der Waals surface area contributed by atoms with E-state index in [4.69, 9.17) is 0 Å². The molecule has 1 atom stereocenters. The third kappa shape index (κ3) is 3.77. The largest absolute Gasteiger partial charge is 0.309 e. The first-order valence-corrected chi connectivity index (χ1v) is 7.28. The van der Waals surface area contributed by atoms with Crippen LogP contribution in [0.5, 0.6) is 0 Å². The Bertz CT molecular complexity index is 470. The molecule has 5 heteroatoms. The Morgan fingerprint density at radius 1 is 1.40 bits per heavy atom. The lowest BCUT2D eigenvalue weighted by atomic mass is 10.0. The van der Waals surface area contributed by atoms with Gasteiger partial charge in [-0.2, -0.15) is 0 Å². The Kier molecular flexibility index (Phi) is 5.09. The summed E-state index contributed by atoms with van der Waals surface area (Å²) in [5.41, 5.74) is 1.89. The van der Waals surface area contributed by atoms with Crippen LogP contribution in [0.2, 0.25) is 0 Å². The van der Waals surface area contributed by atoms with Gasteiger partial charge in [-0.1, -0.05) is 12.1 Å². The number of aryl methyl sites for hydroxylation is 1. The average Bonchev–Trinajstić information content (AvgIpc) is 2.92. The first kappa shape index (κ1) is 14.9. The van der Waals surface area contributed by atoms with Gasteiger partial charge in [0.1, 0.15) is 0 Å². The van der Waals surface area contributed by atoms with E-state index in [1.807, 2.05) is 12.1 Å². The van der Waals surface area contributed by atoms with Gasteiger partial charge < -0.3 is 10.2 Å². The second-order valence-electron chi connectivity index (χ2n) is 5.53. The molecule has 0 radical (unpaired) electrons. The second-order valence-corrected chi connectivity index (χ2v) is 5.53. The van der Waals surface area contributed by atoms with E-state index < -0.39 is 0 Å². The summed E-state index contributed by atoms with van der Waals surface area (Å²) in [4.78, 5) is 13.1. The van der Waals surface area contributed by atoms with Gasteiger partial charge in [0.05, 0.1) is 4.92 Å². The normalized spacial score (nSPS) is 17.3. The van der Waals surface area contributed by atoms with Gasteiger partial charge in [-0.05, 0) is 45.3 Å². The Hall–Kier alpha value is -1.46. The molecule has 0 aliphatic carbocycles. The van der Waals surface area contributed by atoms with Crippen LogP contribution in [0, 0.1) is 17.0 Å². The van der Waals surface area contributed by atoms with Crippen molar-refractivity contribution < 1.29 is 4.92 Å². The molecule has 1 unspecified atom stereocenters. The van der Waals surface area contributed by atoms with Gasteiger partial charge in [0.15, 0.2) is 0 Å². The highest BCUT2D eigenvalue weighted by atomic mass is 16.6.